The molecule has 0 saturated heterocycles. The van der Waals surface area contributed by atoms with Crippen LogP contribution >= 0.6 is 0 Å². The Morgan fingerprint density at radius 1 is 1.00 bits per heavy atom. The minimum absolute atomic E-state index is 1.42. The van der Waals surface area contributed by atoms with Crippen LogP contribution in [-0.2, 0) is 4.74 Å². The van der Waals surface area contributed by atoms with Gasteiger partial charge in [0.2, 0.25) is 0 Å². The molecule has 0 aliphatic carbocycles. The van der Waals surface area contributed by atoms with Crippen molar-refractivity contribution in [3.63, 3.8) is 0 Å². The van der Waals surface area contributed by atoms with E-state index in [-0.39, 0.29) is 0 Å². The van der Waals surface area contributed by atoms with Crippen LogP contribution in [0.5, 0.6) is 0 Å². The van der Waals surface area contributed by atoms with Crippen molar-refractivity contribution in [1.82, 2.24) is 0 Å². The van der Waals surface area contributed by atoms with Crippen LogP contribution in [0.1, 0.15) is 20.8 Å². The van der Waals surface area contributed by atoms with Gasteiger partial charge in [0.25, 0.3) is 0 Å². The van der Waals surface area contributed by atoms with Crippen molar-refractivity contribution < 1.29 is 4.74 Å². The predicted octanol–water partition coefficient (Wildman–Crippen LogP) is 3.75. The Morgan fingerprint density at radius 2 is 1.54 bits per heavy atom. The van der Waals surface area contributed by atoms with Crippen molar-refractivity contribution in [3.05, 3.63) is 22.5 Å². The fraction of sp³-hybridized carbons (Fsp3) is 0.636. The summed E-state index contributed by atoms with van der Waals surface area (Å²) in [5, 5.41) is 0. The maximum atomic E-state index is 4.85. The van der Waals surface area contributed by atoms with E-state index in [4.69, 9.17) is 4.74 Å². The second kappa shape index (κ2) is 7.48. The molecule has 0 aromatic carbocycles. The molecule has 2 heteroatoms. The Balaban J connectivity index is 4.23. The summed E-state index contributed by atoms with van der Waals surface area (Å²) in [4.78, 5) is 0. The van der Waals surface area contributed by atoms with Gasteiger partial charge in [-0.1, -0.05) is 0 Å². The summed E-state index contributed by atoms with van der Waals surface area (Å²) in [6, 6.07) is 0. The molecule has 0 atom stereocenters. The summed E-state index contributed by atoms with van der Waals surface area (Å²) in [6.45, 7) is 7.02. The molecule has 0 spiro atoms. The van der Waals surface area contributed by atoms with E-state index in [2.05, 4.69) is 30.9 Å². The van der Waals surface area contributed by atoms with Gasteiger partial charge in [0.15, 0.2) is 0 Å². The summed E-state index contributed by atoms with van der Waals surface area (Å²) < 4.78 is 11.6. The summed E-state index contributed by atoms with van der Waals surface area (Å²) in [6.07, 6.45) is 5.90. The second-order valence-corrected chi connectivity index (χ2v) is 18.1. The number of hydrogen-bond donors (Lipinski definition) is 0. The molecule has 13 heavy (non-hydrogen) atoms. The molecule has 0 saturated carbocycles. The first-order valence-electron chi connectivity index (χ1n) is 5.11. The molecule has 0 N–H and O–H groups in total. The molecular weight excluding hydrogens is 267 g/mol. The summed E-state index contributed by atoms with van der Waals surface area (Å²) in [5.41, 5.74) is 0. The van der Waals surface area contributed by atoms with Gasteiger partial charge in [-0.25, -0.2) is 0 Å². The van der Waals surface area contributed by atoms with Crippen LogP contribution in [0.15, 0.2) is 22.5 Å². The minimum atomic E-state index is -1.79. The number of ether oxygens (including phenoxy) is 1. The molecule has 0 heterocycles. The standard InChI is InChI=1S/C5H7O.3C2H5.Sn/c1-3-4-5-6-2;3*1-2;/h1,3-5H,2H3;3*1H2,2H3;. The van der Waals surface area contributed by atoms with Gasteiger partial charge in [-0.15, -0.1) is 0 Å². The van der Waals surface area contributed by atoms with Crippen molar-refractivity contribution in [2.75, 3.05) is 7.11 Å². The third-order valence-corrected chi connectivity index (χ3v) is 17.5. The number of hydrogen-bond acceptors (Lipinski definition) is 1. The van der Waals surface area contributed by atoms with Crippen molar-refractivity contribution in [2.45, 2.75) is 34.1 Å². The van der Waals surface area contributed by atoms with E-state index in [1.54, 1.807) is 13.4 Å². The van der Waals surface area contributed by atoms with E-state index >= 15 is 0 Å². The number of rotatable bonds is 6. The summed E-state index contributed by atoms with van der Waals surface area (Å²) in [5.74, 6) is 0. The summed E-state index contributed by atoms with van der Waals surface area (Å²) in [7, 11) is 1.68. The van der Waals surface area contributed by atoms with Gasteiger partial charge in [-0.2, -0.15) is 0 Å². The van der Waals surface area contributed by atoms with Gasteiger partial charge in [0.1, 0.15) is 0 Å². The molecule has 0 radical (unpaired) electrons. The van der Waals surface area contributed by atoms with Crippen LogP contribution in [0.4, 0.5) is 0 Å². The average Bonchev–Trinajstić information content (AvgIpc) is 2.20. The van der Waals surface area contributed by atoms with Crippen molar-refractivity contribution in [2.24, 2.45) is 0 Å². The molecule has 0 bridgehead atoms. The fourth-order valence-corrected chi connectivity index (χ4v) is 9.27. The Hall–Kier alpha value is 0.0787. The quantitative estimate of drug-likeness (QED) is 0.411. The Kier molecular flexibility index (Phi) is 7.52. The first-order chi connectivity index (χ1) is 6.24. The molecule has 0 rings (SSSR count). The van der Waals surface area contributed by atoms with E-state index in [1.165, 1.54) is 13.3 Å². The van der Waals surface area contributed by atoms with E-state index in [0.717, 1.165) is 0 Å². The Morgan fingerprint density at radius 3 is 1.92 bits per heavy atom. The third kappa shape index (κ3) is 4.75. The van der Waals surface area contributed by atoms with Gasteiger partial charge < -0.3 is 0 Å². The zero-order chi connectivity index (χ0) is 10.2. The Labute approximate surface area is 86.7 Å². The van der Waals surface area contributed by atoms with Crippen molar-refractivity contribution in [1.29, 1.82) is 0 Å². The van der Waals surface area contributed by atoms with Crippen molar-refractivity contribution >= 4 is 18.4 Å². The van der Waals surface area contributed by atoms with Gasteiger partial charge in [-0.05, 0) is 0 Å². The van der Waals surface area contributed by atoms with E-state index in [0.29, 0.717) is 0 Å². The number of methoxy groups -OCH3 is 1. The van der Waals surface area contributed by atoms with E-state index in [1.807, 2.05) is 6.08 Å². The van der Waals surface area contributed by atoms with Crippen LogP contribution in [0, 0.1) is 0 Å². The molecule has 0 fully saturated rings. The van der Waals surface area contributed by atoms with Crippen LogP contribution in [0.25, 0.3) is 0 Å². The van der Waals surface area contributed by atoms with Gasteiger partial charge in [-0.3, -0.25) is 0 Å². The van der Waals surface area contributed by atoms with Crippen LogP contribution in [0.2, 0.25) is 13.3 Å². The zero-order valence-electron chi connectivity index (χ0n) is 9.34. The molecule has 1 nitrogen and oxygen atoms in total. The molecule has 0 unspecified atom stereocenters. The molecular formula is C11H22OSn. The SMILES string of the molecule is C[CH2][Sn]([CH]=CC=COC)([CH2]C)[CH2]C. The topological polar surface area (TPSA) is 9.23 Å². The Bertz CT molecular complexity index is 161. The molecule has 76 valence electrons. The average molecular weight is 289 g/mol. The van der Waals surface area contributed by atoms with Crippen molar-refractivity contribution in [3.8, 4) is 0 Å². The first kappa shape index (κ1) is 13.1. The molecule has 0 aliphatic rings. The van der Waals surface area contributed by atoms with E-state index in [9.17, 15) is 0 Å². The van der Waals surface area contributed by atoms with Gasteiger partial charge in [0, 0.05) is 0 Å². The molecule has 0 aromatic heterocycles. The molecule has 0 aromatic rings. The van der Waals surface area contributed by atoms with Crippen LogP contribution < -0.4 is 0 Å². The first-order valence-corrected chi connectivity index (χ1v) is 12.8. The van der Waals surface area contributed by atoms with Gasteiger partial charge >= 0.3 is 86.8 Å². The van der Waals surface area contributed by atoms with Crippen LogP contribution in [-0.4, -0.2) is 25.5 Å². The third-order valence-electron chi connectivity index (χ3n) is 2.89. The monoisotopic (exact) mass is 290 g/mol. The second-order valence-electron chi connectivity index (χ2n) is 3.35. The maximum absolute atomic E-state index is 4.85. The fourth-order valence-electron chi connectivity index (χ4n) is 1.49. The predicted molar refractivity (Wildman–Crippen MR) is 62.5 cm³/mol. The van der Waals surface area contributed by atoms with E-state index < -0.39 is 18.4 Å². The molecule has 0 amide bonds. The normalized spacial score (nSPS) is 12.9. The molecule has 0 aliphatic heterocycles. The van der Waals surface area contributed by atoms with Crippen LogP contribution in [0.3, 0.4) is 0 Å². The summed E-state index contributed by atoms with van der Waals surface area (Å²) >= 11 is -1.79. The zero-order valence-corrected chi connectivity index (χ0v) is 12.2. The van der Waals surface area contributed by atoms with Gasteiger partial charge in [0.05, 0.1) is 0 Å². The number of allylic oxidation sites excluding steroid dienone is 2.